The summed E-state index contributed by atoms with van der Waals surface area (Å²) in [5.41, 5.74) is 9.66. The van der Waals surface area contributed by atoms with Crippen LogP contribution in [0.4, 0.5) is 25.4 Å². The second-order valence-corrected chi connectivity index (χ2v) is 9.68. The van der Waals surface area contributed by atoms with Gasteiger partial charge >= 0.3 is 0 Å². The number of pyridine rings is 1. The quantitative estimate of drug-likeness (QED) is 0.231. The summed E-state index contributed by atoms with van der Waals surface area (Å²) in [6.07, 6.45) is 1.36. The van der Waals surface area contributed by atoms with Gasteiger partial charge in [0, 0.05) is 35.1 Å². The molecule has 186 valence electrons. The zero-order valence-electron chi connectivity index (χ0n) is 19.3. The van der Waals surface area contributed by atoms with Gasteiger partial charge in [-0.05, 0) is 36.1 Å². The Morgan fingerprint density at radius 3 is 2.46 bits per heavy atom. The molecule has 0 unspecified atom stereocenters. The SMILES string of the molecule is N#Cc1c(N)nc(SCc2csc(Nc3ccc(F)c(F)c3)n2)c(C#N)c1-c1ccc(CCCO)cc1. The summed E-state index contributed by atoms with van der Waals surface area (Å²) in [6, 6.07) is 15.2. The number of rotatable bonds is 9. The van der Waals surface area contributed by atoms with Gasteiger partial charge in [-0.3, -0.25) is 0 Å². The lowest BCUT2D eigenvalue weighted by molar-refractivity contribution is 0.288. The van der Waals surface area contributed by atoms with E-state index in [0.717, 1.165) is 17.7 Å². The Morgan fingerprint density at radius 1 is 1.03 bits per heavy atom. The van der Waals surface area contributed by atoms with E-state index in [-0.39, 0.29) is 23.6 Å². The number of nitrogens with zero attached hydrogens (tertiary/aromatic N) is 4. The maximum absolute atomic E-state index is 13.5. The van der Waals surface area contributed by atoms with Crippen molar-refractivity contribution in [2.24, 2.45) is 0 Å². The molecular weight excluding hydrogens is 514 g/mol. The molecule has 7 nitrogen and oxygen atoms in total. The van der Waals surface area contributed by atoms with Crippen LogP contribution >= 0.6 is 23.1 Å². The van der Waals surface area contributed by atoms with E-state index < -0.39 is 11.6 Å². The second-order valence-electron chi connectivity index (χ2n) is 7.86. The van der Waals surface area contributed by atoms with Crippen LogP contribution in [0, 0.1) is 34.3 Å². The molecule has 4 N–H and O–H groups in total. The van der Waals surface area contributed by atoms with Gasteiger partial charge < -0.3 is 16.2 Å². The number of halogens is 2. The number of nitrogens with two attached hydrogens (primary N) is 1. The van der Waals surface area contributed by atoms with Crippen molar-refractivity contribution in [1.29, 1.82) is 10.5 Å². The van der Waals surface area contributed by atoms with E-state index in [1.165, 1.54) is 29.2 Å². The standard InChI is InChI=1S/C26H20F2N6OS2/c27-21-8-7-17(10-22(21)28)32-26-33-18(14-37-26)13-36-25-20(12-30)23(19(11-29)24(31)34-25)16-5-3-15(4-6-16)2-1-9-35/h3-8,10,14,35H,1-2,9,13H2,(H2,31,34)(H,32,33). The highest BCUT2D eigenvalue weighted by Gasteiger charge is 2.21. The van der Waals surface area contributed by atoms with Gasteiger partial charge in [0.1, 0.15) is 28.5 Å². The van der Waals surface area contributed by atoms with Crippen LogP contribution in [0.2, 0.25) is 0 Å². The van der Waals surface area contributed by atoms with Crippen LogP contribution in [0.1, 0.15) is 28.8 Å². The van der Waals surface area contributed by atoms with E-state index in [0.29, 0.717) is 51.3 Å². The van der Waals surface area contributed by atoms with Crippen LogP contribution in [0.15, 0.2) is 52.9 Å². The van der Waals surface area contributed by atoms with E-state index >= 15 is 0 Å². The third-order valence-corrected chi connectivity index (χ3v) is 7.18. The average Bonchev–Trinajstić information content (AvgIpc) is 3.35. The summed E-state index contributed by atoms with van der Waals surface area (Å²) in [6.45, 7) is 0.0989. The Hall–Kier alpha value is -4.03. The number of thioether (sulfide) groups is 1. The maximum atomic E-state index is 13.5. The molecule has 0 fully saturated rings. The summed E-state index contributed by atoms with van der Waals surface area (Å²) in [4.78, 5) is 8.77. The highest BCUT2D eigenvalue weighted by molar-refractivity contribution is 7.98. The number of aromatic nitrogens is 2. The van der Waals surface area contributed by atoms with Gasteiger partial charge in [-0.25, -0.2) is 18.7 Å². The monoisotopic (exact) mass is 534 g/mol. The highest BCUT2D eigenvalue weighted by atomic mass is 32.2. The fourth-order valence-corrected chi connectivity index (χ4v) is 5.31. The average molecular weight is 535 g/mol. The molecule has 0 radical (unpaired) electrons. The third-order valence-electron chi connectivity index (χ3n) is 5.36. The molecule has 0 aliphatic heterocycles. The van der Waals surface area contributed by atoms with Gasteiger partial charge in [0.05, 0.1) is 11.3 Å². The van der Waals surface area contributed by atoms with Crippen LogP contribution in [0.3, 0.4) is 0 Å². The zero-order valence-corrected chi connectivity index (χ0v) is 21.0. The third kappa shape index (κ3) is 6.04. The first-order valence-electron chi connectivity index (χ1n) is 11.1. The van der Waals surface area contributed by atoms with Crippen LogP contribution < -0.4 is 11.1 Å². The first-order chi connectivity index (χ1) is 17.9. The number of nitriles is 2. The molecule has 0 spiro atoms. The van der Waals surface area contributed by atoms with Crippen molar-refractivity contribution in [1.82, 2.24) is 9.97 Å². The molecule has 4 aromatic rings. The van der Waals surface area contributed by atoms with E-state index in [2.05, 4.69) is 27.4 Å². The summed E-state index contributed by atoms with van der Waals surface area (Å²) in [5.74, 6) is -1.49. The minimum Gasteiger partial charge on any atom is -0.396 e. The molecular formula is C26H20F2N6OS2. The molecule has 0 saturated heterocycles. The van der Waals surface area contributed by atoms with E-state index in [4.69, 9.17) is 10.8 Å². The number of aliphatic hydroxyl groups is 1. The molecule has 0 amide bonds. The number of nitrogens with one attached hydrogen (secondary N) is 1. The Balaban J connectivity index is 1.57. The first-order valence-corrected chi connectivity index (χ1v) is 12.9. The van der Waals surface area contributed by atoms with Crippen molar-refractivity contribution in [3.8, 4) is 23.3 Å². The van der Waals surface area contributed by atoms with Gasteiger partial charge in [-0.1, -0.05) is 36.0 Å². The number of benzene rings is 2. The lowest BCUT2D eigenvalue weighted by Crippen LogP contribution is -2.03. The Kier molecular flexibility index (Phi) is 8.31. The van der Waals surface area contributed by atoms with Crippen molar-refractivity contribution >= 4 is 39.7 Å². The van der Waals surface area contributed by atoms with Crippen LogP contribution in [0.5, 0.6) is 0 Å². The summed E-state index contributed by atoms with van der Waals surface area (Å²) in [5, 5.41) is 34.4. The maximum Gasteiger partial charge on any atom is 0.187 e. The van der Waals surface area contributed by atoms with Crippen molar-refractivity contribution in [3.05, 3.63) is 81.9 Å². The minimum absolute atomic E-state index is 0.0299. The fraction of sp³-hybridized carbons (Fsp3) is 0.154. The molecule has 2 heterocycles. The first kappa shape index (κ1) is 26.0. The normalized spacial score (nSPS) is 10.6. The fourth-order valence-electron chi connectivity index (χ4n) is 3.58. The van der Waals surface area contributed by atoms with E-state index in [9.17, 15) is 19.3 Å². The number of anilines is 3. The number of hydrogen-bond acceptors (Lipinski definition) is 9. The number of thiazole rings is 1. The molecule has 4 rings (SSSR count). The summed E-state index contributed by atoms with van der Waals surface area (Å²) in [7, 11) is 0. The predicted octanol–water partition coefficient (Wildman–Crippen LogP) is 5.77. The van der Waals surface area contributed by atoms with E-state index in [1.807, 2.05) is 24.3 Å². The van der Waals surface area contributed by atoms with Crippen molar-refractivity contribution < 1.29 is 13.9 Å². The molecule has 0 aliphatic rings. The molecule has 0 atom stereocenters. The molecule has 0 saturated carbocycles. The van der Waals surface area contributed by atoms with Gasteiger partial charge in [0.15, 0.2) is 16.8 Å². The Labute approximate surface area is 220 Å². The number of nitrogen functional groups attached to an aromatic ring is 1. The lowest BCUT2D eigenvalue weighted by atomic mass is 9.95. The Morgan fingerprint density at radius 2 is 1.78 bits per heavy atom. The molecule has 2 aromatic carbocycles. The lowest BCUT2D eigenvalue weighted by Gasteiger charge is -2.13. The van der Waals surface area contributed by atoms with E-state index in [1.54, 1.807) is 5.38 Å². The predicted molar refractivity (Wildman–Crippen MR) is 140 cm³/mol. The Bertz CT molecular complexity index is 1510. The molecule has 0 aliphatic carbocycles. The molecule has 37 heavy (non-hydrogen) atoms. The van der Waals surface area contributed by atoms with Crippen LogP contribution in [0.25, 0.3) is 11.1 Å². The van der Waals surface area contributed by atoms with Crippen LogP contribution in [-0.4, -0.2) is 21.7 Å². The molecule has 0 bridgehead atoms. The van der Waals surface area contributed by atoms with Crippen LogP contribution in [-0.2, 0) is 12.2 Å². The van der Waals surface area contributed by atoms with Gasteiger partial charge in [-0.15, -0.1) is 11.3 Å². The van der Waals surface area contributed by atoms with Crippen molar-refractivity contribution in [2.45, 2.75) is 23.6 Å². The minimum atomic E-state index is -0.957. The highest BCUT2D eigenvalue weighted by Crippen LogP contribution is 2.37. The number of hydrogen-bond donors (Lipinski definition) is 3. The zero-order chi connectivity index (χ0) is 26.4. The van der Waals surface area contributed by atoms with Gasteiger partial charge in [0.25, 0.3) is 0 Å². The summed E-state index contributed by atoms with van der Waals surface area (Å²) < 4.78 is 26.6. The topological polar surface area (TPSA) is 132 Å². The van der Waals surface area contributed by atoms with Gasteiger partial charge in [0.2, 0.25) is 0 Å². The second kappa shape index (κ2) is 11.8. The van der Waals surface area contributed by atoms with Crippen molar-refractivity contribution in [2.75, 3.05) is 17.7 Å². The van der Waals surface area contributed by atoms with Gasteiger partial charge in [-0.2, -0.15) is 10.5 Å². The molecule has 2 aromatic heterocycles. The smallest absolute Gasteiger partial charge is 0.187 e. The van der Waals surface area contributed by atoms with Crippen molar-refractivity contribution in [3.63, 3.8) is 0 Å². The number of aliphatic hydroxyl groups excluding tert-OH is 1. The largest absolute Gasteiger partial charge is 0.396 e. The molecule has 11 heteroatoms. The number of aryl methyl sites for hydroxylation is 1. The summed E-state index contributed by atoms with van der Waals surface area (Å²) >= 11 is 2.56.